The number of aliphatic carboxylic acids is 1. The highest BCUT2D eigenvalue weighted by molar-refractivity contribution is 5.70. The lowest BCUT2D eigenvalue weighted by Gasteiger charge is -2.34. The van der Waals surface area contributed by atoms with Crippen LogP contribution in [0.15, 0.2) is 72.9 Å². The Bertz CT molecular complexity index is 1140. The first-order valence-electron chi connectivity index (χ1n) is 22.0. The maximum Gasteiger partial charge on any atom is 0.306 e. The van der Waals surface area contributed by atoms with Crippen LogP contribution in [0.25, 0.3) is 0 Å². The molecule has 0 radical (unpaired) electrons. The topological polar surface area (TPSA) is 102 Å². The lowest BCUT2D eigenvalue weighted by atomic mass is 10.0. The van der Waals surface area contributed by atoms with Gasteiger partial charge in [0.25, 0.3) is 0 Å². The van der Waals surface area contributed by atoms with Gasteiger partial charge in [-0.1, -0.05) is 164 Å². The van der Waals surface area contributed by atoms with Crippen molar-refractivity contribution in [2.75, 3.05) is 41.0 Å². The van der Waals surface area contributed by atoms with E-state index in [1.165, 1.54) is 64.2 Å². The summed E-state index contributed by atoms with van der Waals surface area (Å²) in [5.74, 6) is -1.85. The Hall–Kier alpha value is -3.23. The quantitative estimate of drug-likeness (QED) is 0.0266. The van der Waals surface area contributed by atoms with Crippen LogP contribution >= 0.6 is 0 Å². The predicted octanol–water partition coefficient (Wildman–Crippen LogP) is 10.6. The molecular formula is C48H81NO7. The molecule has 320 valence electrons. The van der Waals surface area contributed by atoms with Gasteiger partial charge in [0.05, 0.1) is 40.3 Å². The van der Waals surface area contributed by atoms with Gasteiger partial charge < -0.3 is 28.6 Å². The molecule has 0 saturated heterocycles. The molecule has 0 bridgehead atoms. The summed E-state index contributed by atoms with van der Waals surface area (Å²) in [4.78, 5) is 36.8. The van der Waals surface area contributed by atoms with Gasteiger partial charge in [-0.05, 0) is 51.4 Å². The van der Waals surface area contributed by atoms with E-state index in [0.29, 0.717) is 12.8 Å². The van der Waals surface area contributed by atoms with Crippen molar-refractivity contribution in [1.29, 1.82) is 0 Å². The maximum atomic E-state index is 12.7. The summed E-state index contributed by atoms with van der Waals surface area (Å²) in [6, 6.07) is -0.740. The minimum atomic E-state index is -1.14. The number of hydrogen-bond donors (Lipinski definition) is 0. The number of hydrogen-bond acceptors (Lipinski definition) is 7. The van der Waals surface area contributed by atoms with Crippen molar-refractivity contribution in [3.05, 3.63) is 72.9 Å². The number of esters is 2. The van der Waals surface area contributed by atoms with E-state index in [2.05, 4.69) is 74.6 Å². The van der Waals surface area contributed by atoms with Gasteiger partial charge in [0, 0.05) is 19.3 Å². The zero-order valence-electron chi connectivity index (χ0n) is 36.3. The second-order valence-electron chi connectivity index (χ2n) is 15.6. The fourth-order valence-electron chi connectivity index (χ4n) is 5.98. The summed E-state index contributed by atoms with van der Waals surface area (Å²) in [6.07, 6.45) is 48.0. The van der Waals surface area contributed by atoms with E-state index >= 15 is 0 Å². The molecule has 56 heavy (non-hydrogen) atoms. The molecule has 0 saturated carbocycles. The SMILES string of the molecule is CC/C=C/C/C=C/C/C=C/C/C=C/C/C=C/C/C=C/CCC(=O)OC(COCCC(C(=O)[O-])[N+](C)(C)C)COC(=O)CCCCCCCCCCCCCCC. The van der Waals surface area contributed by atoms with Gasteiger partial charge in [-0.25, -0.2) is 0 Å². The monoisotopic (exact) mass is 784 g/mol. The Labute approximate surface area is 342 Å². The molecule has 0 aromatic carbocycles. The normalized spacial score (nSPS) is 13.7. The van der Waals surface area contributed by atoms with Crippen molar-refractivity contribution < 1.29 is 38.2 Å². The Balaban J connectivity index is 4.49. The van der Waals surface area contributed by atoms with Crippen LogP contribution < -0.4 is 5.11 Å². The summed E-state index contributed by atoms with van der Waals surface area (Å²) >= 11 is 0. The second kappa shape index (κ2) is 38.6. The minimum Gasteiger partial charge on any atom is -0.544 e. The lowest BCUT2D eigenvalue weighted by molar-refractivity contribution is -0.889. The number of allylic oxidation sites excluding steroid dienone is 12. The van der Waals surface area contributed by atoms with Gasteiger partial charge in [-0.2, -0.15) is 0 Å². The van der Waals surface area contributed by atoms with Gasteiger partial charge in [0.2, 0.25) is 0 Å². The average Bonchev–Trinajstić information content (AvgIpc) is 3.15. The van der Waals surface area contributed by atoms with Crippen molar-refractivity contribution in [1.82, 2.24) is 0 Å². The van der Waals surface area contributed by atoms with Gasteiger partial charge in [-0.15, -0.1) is 0 Å². The van der Waals surface area contributed by atoms with Crippen LogP contribution in [0.1, 0.15) is 162 Å². The van der Waals surface area contributed by atoms with Crippen molar-refractivity contribution in [3.63, 3.8) is 0 Å². The number of carbonyl (C=O) groups is 3. The van der Waals surface area contributed by atoms with E-state index < -0.39 is 24.1 Å². The summed E-state index contributed by atoms with van der Waals surface area (Å²) in [6.45, 7) is 4.45. The summed E-state index contributed by atoms with van der Waals surface area (Å²) in [7, 11) is 5.37. The van der Waals surface area contributed by atoms with Crippen LogP contribution in [-0.4, -0.2) is 75.5 Å². The summed E-state index contributed by atoms with van der Waals surface area (Å²) < 4.78 is 17.1. The number of carboxylic acid groups (broad SMARTS) is 1. The van der Waals surface area contributed by atoms with Crippen LogP contribution in [-0.2, 0) is 28.6 Å². The molecule has 0 spiro atoms. The third-order valence-corrected chi connectivity index (χ3v) is 9.37. The molecule has 0 N–H and O–H groups in total. The molecule has 8 heteroatoms. The van der Waals surface area contributed by atoms with Crippen molar-refractivity contribution in [3.8, 4) is 0 Å². The third kappa shape index (κ3) is 36.4. The van der Waals surface area contributed by atoms with E-state index in [1.807, 2.05) is 12.2 Å². The first-order chi connectivity index (χ1) is 27.1. The molecule has 0 heterocycles. The number of likely N-dealkylation sites (N-methyl/N-ethyl adjacent to an activating group) is 1. The highest BCUT2D eigenvalue weighted by Crippen LogP contribution is 2.14. The number of quaternary nitrogens is 1. The highest BCUT2D eigenvalue weighted by atomic mass is 16.6. The molecule has 0 aromatic rings. The van der Waals surface area contributed by atoms with Crippen molar-refractivity contribution >= 4 is 17.9 Å². The molecule has 2 unspecified atom stereocenters. The molecule has 0 aliphatic carbocycles. The van der Waals surface area contributed by atoms with Crippen LogP contribution in [0.3, 0.4) is 0 Å². The zero-order valence-corrected chi connectivity index (χ0v) is 36.3. The molecule has 0 aromatic heterocycles. The number of carbonyl (C=O) groups excluding carboxylic acids is 3. The Morgan fingerprint density at radius 1 is 0.554 bits per heavy atom. The smallest absolute Gasteiger partial charge is 0.306 e. The van der Waals surface area contributed by atoms with Gasteiger partial charge >= 0.3 is 11.9 Å². The number of carboxylic acids is 1. The van der Waals surface area contributed by atoms with E-state index in [4.69, 9.17) is 14.2 Å². The Morgan fingerprint density at radius 2 is 1.00 bits per heavy atom. The van der Waals surface area contributed by atoms with E-state index in [0.717, 1.165) is 57.8 Å². The van der Waals surface area contributed by atoms with Crippen LogP contribution in [0.2, 0.25) is 0 Å². The molecule has 0 aliphatic heterocycles. The van der Waals surface area contributed by atoms with Gasteiger partial charge in [0.1, 0.15) is 12.6 Å². The number of nitrogens with zero attached hydrogens (tertiary/aromatic N) is 1. The van der Waals surface area contributed by atoms with Crippen LogP contribution in [0.4, 0.5) is 0 Å². The van der Waals surface area contributed by atoms with E-state index in [9.17, 15) is 19.5 Å². The van der Waals surface area contributed by atoms with Crippen LogP contribution in [0, 0.1) is 0 Å². The number of rotatable bonds is 38. The highest BCUT2D eigenvalue weighted by Gasteiger charge is 2.25. The van der Waals surface area contributed by atoms with E-state index in [1.54, 1.807) is 21.1 Å². The Morgan fingerprint density at radius 3 is 1.45 bits per heavy atom. The molecule has 0 rings (SSSR count). The molecule has 0 aliphatic rings. The maximum absolute atomic E-state index is 12.7. The Kier molecular flexibility index (Phi) is 36.4. The fraction of sp³-hybridized carbons (Fsp3) is 0.688. The van der Waals surface area contributed by atoms with Crippen LogP contribution in [0.5, 0.6) is 0 Å². The lowest BCUT2D eigenvalue weighted by Crippen LogP contribution is -2.55. The van der Waals surface area contributed by atoms with Crippen molar-refractivity contribution in [2.45, 2.75) is 174 Å². The number of unbranched alkanes of at least 4 members (excludes halogenated alkanes) is 12. The number of ether oxygens (including phenoxy) is 3. The molecule has 0 amide bonds. The first kappa shape index (κ1) is 52.8. The standard InChI is InChI=1S/C48H81NO7/c1-6-8-10-12-14-16-18-20-21-22-23-24-25-27-29-31-33-35-37-39-47(51)56-44(42-54-41-40-45(48(52)53)49(3,4)5)43-55-46(50)38-36-34-32-30-28-26-19-17-15-13-11-9-7-2/h8,10,14,16,20-21,23-24,27,29,33,35,44-45H,6-7,9,11-13,15,17-19,22,25-26,28,30-32,34,36-43H2,1-5H3/b10-8+,16-14+,21-20+,24-23+,29-27+,35-33+. The minimum absolute atomic E-state index is 0.00851. The van der Waals surface area contributed by atoms with Gasteiger partial charge in [0.15, 0.2) is 6.10 Å². The molecule has 0 fully saturated rings. The average molecular weight is 784 g/mol. The van der Waals surface area contributed by atoms with E-state index in [-0.39, 0.29) is 43.1 Å². The largest absolute Gasteiger partial charge is 0.544 e. The summed E-state index contributed by atoms with van der Waals surface area (Å²) in [5.41, 5.74) is 0. The third-order valence-electron chi connectivity index (χ3n) is 9.37. The van der Waals surface area contributed by atoms with Gasteiger partial charge in [-0.3, -0.25) is 9.59 Å². The summed E-state index contributed by atoms with van der Waals surface area (Å²) in [5, 5.41) is 11.6. The second-order valence-corrected chi connectivity index (χ2v) is 15.6. The van der Waals surface area contributed by atoms with Crippen molar-refractivity contribution in [2.24, 2.45) is 0 Å². The molecule has 8 nitrogen and oxygen atoms in total. The first-order valence-corrected chi connectivity index (χ1v) is 22.0. The zero-order chi connectivity index (χ0) is 41.4. The molecular weight excluding hydrogens is 703 g/mol. The fourth-order valence-corrected chi connectivity index (χ4v) is 5.98. The predicted molar refractivity (Wildman–Crippen MR) is 231 cm³/mol. The molecule has 2 atom stereocenters.